The lowest BCUT2D eigenvalue weighted by Gasteiger charge is -2.37. The van der Waals surface area contributed by atoms with Gasteiger partial charge < -0.3 is 14.6 Å². The van der Waals surface area contributed by atoms with Crippen molar-refractivity contribution in [3.63, 3.8) is 0 Å². The number of pyridine rings is 1. The number of nitrogens with zero attached hydrogens (tertiary/aromatic N) is 2. The van der Waals surface area contributed by atoms with Gasteiger partial charge in [0.2, 0.25) is 0 Å². The summed E-state index contributed by atoms with van der Waals surface area (Å²) < 4.78 is 5.20. The number of likely N-dealkylation sites (N-methyl/N-ethyl adjacent to an activating group) is 1. The van der Waals surface area contributed by atoms with Crippen LogP contribution in [0.4, 0.5) is 0 Å². The largest absolute Gasteiger partial charge is 0.497 e. The van der Waals surface area contributed by atoms with E-state index in [4.69, 9.17) is 4.74 Å². The molecule has 0 bridgehead atoms. The predicted molar refractivity (Wildman–Crippen MR) is 88.5 cm³/mol. The van der Waals surface area contributed by atoms with Gasteiger partial charge >= 0.3 is 0 Å². The van der Waals surface area contributed by atoms with Gasteiger partial charge in [0.1, 0.15) is 5.75 Å². The van der Waals surface area contributed by atoms with E-state index in [0.717, 1.165) is 41.9 Å². The zero-order valence-electron chi connectivity index (χ0n) is 13.4. The number of piperazine rings is 1. The number of aromatic nitrogens is 1. The summed E-state index contributed by atoms with van der Waals surface area (Å²) >= 11 is 0. The molecule has 118 valence electrons. The number of hydrogen-bond donors (Lipinski definition) is 1. The maximum Gasteiger partial charge on any atom is 0.252 e. The van der Waals surface area contributed by atoms with Gasteiger partial charge in [-0.2, -0.15) is 0 Å². The monoisotopic (exact) mass is 301 g/mol. The van der Waals surface area contributed by atoms with E-state index in [1.807, 2.05) is 24.3 Å². The zero-order valence-corrected chi connectivity index (χ0v) is 13.4. The van der Waals surface area contributed by atoms with Crippen molar-refractivity contribution in [2.45, 2.75) is 19.5 Å². The number of hydrogen-bond acceptors (Lipinski definition) is 4. The van der Waals surface area contributed by atoms with Gasteiger partial charge in [-0.25, -0.2) is 0 Å². The van der Waals surface area contributed by atoms with Crippen LogP contribution in [0.3, 0.4) is 0 Å². The number of aromatic amines is 1. The van der Waals surface area contributed by atoms with Crippen LogP contribution in [-0.4, -0.2) is 54.6 Å². The SMILES string of the molecule is COc1ccc2cc(CN3CCN(C)C(C)C3)c(=O)[nH]c2c1. The molecule has 0 spiro atoms. The number of nitrogens with one attached hydrogen (secondary N) is 1. The third kappa shape index (κ3) is 3.00. The highest BCUT2D eigenvalue weighted by Crippen LogP contribution is 2.19. The Kier molecular flexibility index (Phi) is 4.18. The van der Waals surface area contributed by atoms with Crippen LogP contribution in [0.1, 0.15) is 12.5 Å². The molecule has 0 amide bonds. The maximum absolute atomic E-state index is 12.3. The second-order valence-corrected chi connectivity index (χ2v) is 6.14. The van der Waals surface area contributed by atoms with E-state index in [-0.39, 0.29) is 5.56 Å². The number of fused-ring (bicyclic) bond motifs is 1. The van der Waals surface area contributed by atoms with Crippen molar-refractivity contribution in [1.29, 1.82) is 0 Å². The highest BCUT2D eigenvalue weighted by molar-refractivity contribution is 5.80. The molecule has 2 aromatic rings. The molecule has 1 unspecified atom stereocenters. The van der Waals surface area contributed by atoms with Gasteiger partial charge in [0, 0.05) is 43.9 Å². The Bertz CT molecular complexity index is 725. The summed E-state index contributed by atoms with van der Waals surface area (Å²) in [6, 6.07) is 8.29. The van der Waals surface area contributed by atoms with Crippen LogP contribution >= 0.6 is 0 Å². The predicted octanol–water partition coefficient (Wildman–Crippen LogP) is 1.67. The minimum absolute atomic E-state index is 0.00710. The smallest absolute Gasteiger partial charge is 0.252 e. The molecule has 1 aliphatic heterocycles. The molecule has 1 atom stereocenters. The molecular weight excluding hydrogens is 278 g/mol. The van der Waals surface area contributed by atoms with Gasteiger partial charge in [0.25, 0.3) is 5.56 Å². The average molecular weight is 301 g/mol. The fraction of sp³-hybridized carbons (Fsp3) is 0.471. The van der Waals surface area contributed by atoms with Crippen LogP contribution < -0.4 is 10.3 Å². The van der Waals surface area contributed by atoms with Crippen molar-refractivity contribution in [1.82, 2.24) is 14.8 Å². The van der Waals surface area contributed by atoms with Crippen molar-refractivity contribution in [3.8, 4) is 5.75 Å². The molecule has 5 heteroatoms. The average Bonchev–Trinajstić information content (AvgIpc) is 2.51. The molecule has 1 aromatic heterocycles. The number of benzene rings is 1. The first-order valence-corrected chi connectivity index (χ1v) is 7.69. The van der Waals surface area contributed by atoms with Crippen LogP contribution in [0, 0.1) is 0 Å². The van der Waals surface area contributed by atoms with Gasteiger partial charge in [-0.1, -0.05) is 0 Å². The topological polar surface area (TPSA) is 48.6 Å². The fourth-order valence-corrected chi connectivity index (χ4v) is 2.98. The van der Waals surface area contributed by atoms with E-state index in [2.05, 4.69) is 28.8 Å². The Morgan fingerprint density at radius 3 is 2.86 bits per heavy atom. The van der Waals surface area contributed by atoms with E-state index >= 15 is 0 Å². The van der Waals surface area contributed by atoms with Crippen molar-refractivity contribution in [2.24, 2.45) is 0 Å². The van der Waals surface area contributed by atoms with E-state index < -0.39 is 0 Å². The minimum atomic E-state index is -0.00710. The maximum atomic E-state index is 12.3. The molecule has 1 aliphatic rings. The summed E-state index contributed by atoms with van der Waals surface area (Å²) in [4.78, 5) is 20.0. The first-order valence-electron chi connectivity index (χ1n) is 7.69. The molecule has 1 saturated heterocycles. The summed E-state index contributed by atoms with van der Waals surface area (Å²) in [5.41, 5.74) is 1.64. The first kappa shape index (κ1) is 15.1. The zero-order chi connectivity index (χ0) is 15.7. The fourth-order valence-electron chi connectivity index (χ4n) is 2.98. The summed E-state index contributed by atoms with van der Waals surface area (Å²) in [5, 5.41) is 1.04. The second-order valence-electron chi connectivity index (χ2n) is 6.14. The molecule has 1 N–H and O–H groups in total. The quantitative estimate of drug-likeness (QED) is 0.937. The summed E-state index contributed by atoms with van der Waals surface area (Å²) in [6.07, 6.45) is 0. The molecule has 2 heterocycles. The highest BCUT2D eigenvalue weighted by Gasteiger charge is 2.21. The third-order valence-electron chi connectivity index (χ3n) is 4.57. The van der Waals surface area contributed by atoms with E-state index in [1.165, 1.54) is 0 Å². The second kappa shape index (κ2) is 6.10. The Labute approximate surface area is 130 Å². The lowest BCUT2D eigenvalue weighted by molar-refractivity contribution is 0.0997. The van der Waals surface area contributed by atoms with Crippen LogP contribution in [0.15, 0.2) is 29.1 Å². The van der Waals surface area contributed by atoms with Crippen LogP contribution in [0.5, 0.6) is 5.75 Å². The molecule has 0 saturated carbocycles. The number of H-pyrrole nitrogens is 1. The van der Waals surface area contributed by atoms with E-state index in [0.29, 0.717) is 12.6 Å². The number of methoxy groups -OCH3 is 1. The van der Waals surface area contributed by atoms with Gasteiger partial charge in [-0.15, -0.1) is 0 Å². The van der Waals surface area contributed by atoms with Crippen molar-refractivity contribution in [3.05, 3.63) is 40.2 Å². The van der Waals surface area contributed by atoms with Crippen molar-refractivity contribution >= 4 is 10.9 Å². The van der Waals surface area contributed by atoms with E-state index in [9.17, 15) is 4.79 Å². The highest BCUT2D eigenvalue weighted by atomic mass is 16.5. The molecule has 1 fully saturated rings. The third-order valence-corrected chi connectivity index (χ3v) is 4.57. The molecule has 0 radical (unpaired) electrons. The Balaban J connectivity index is 1.85. The van der Waals surface area contributed by atoms with Crippen LogP contribution in [-0.2, 0) is 6.54 Å². The van der Waals surface area contributed by atoms with Crippen LogP contribution in [0.25, 0.3) is 10.9 Å². The number of ether oxygens (including phenoxy) is 1. The standard InChI is InChI=1S/C17H23N3O2/c1-12-10-20(7-6-19(12)2)11-14-8-13-4-5-15(22-3)9-16(13)18-17(14)21/h4-5,8-9,12H,6-7,10-11H2,1-3H3,(H,18,21). The first-order chi connectivity index (χ1) is 10.6. The van der Waals surface area contributed by atoms with Gasteiger partial charge in [0.15, 0.2) is 0 Å². The summed E-state index contributed by atoms with van der Waals surface area (Å²) in [7, 11) is 3.78. The molecular formula is C17H23N3O2. The normalized spacial score (nSPS) is 20.4. The summed E-state index contributed by atoms with van der Waals surface area (Å²) in [5.74, 6) is 0.754. The molecule has 1 aromatic carbocycles. The molecule has 3 rings (SSSR count). The lowest BCUT2D eigenvalue weighted by Crippen LogP contribution is -2.49. The summed E-state index contributed by atoms with van der Waals surface area (Å²) in [6.45, 7) is 5.97. The minimum Gasteiger partial charge on any atom is -0.497 e. The van der Waals surface area contributed by atoms with Crippen LogP contribution in [0.2, 0.25) is 0 Å². The van der Waals surface area contributed by atoms with Gasteiger partial charge in [-0.3, -0.25) is 9.69 Å². The Hall–Kier alpha value is -1.85. The lowest BCUT2D eigenvalue weighted by atomic mass is 10.1. The Morgan fingerprint density at radius 1 is 1.32 bits per heavy atom. The molecule has 0 aliphatic carbocycles. The Morgan fingerprint density at radius 2 is 2.14 bits per heavy atom. The van der Waals surface area contributed by atoms with Gasteiger partial charge in [-0.05, 0) is 37.6 Å². The van der Waals surface area contributed by atoms with E-state index in [1.54, 1.807) is 7.11 Å². The number of rotatable bonds is 3. The van der Waals surface area contributed by atoms with Crippen molar-refractivity contribution in [2.75, 3.05) is 33.8 Å². The van der Waals surface area contributed by atoms with Gasteiger partial charge in [0.05, 0.1) is 12.6 Å². The molecule has 5 nitrogen and oxygen atoms in total. The molecule has 22 heavy (non-hydrogen) atoms. The van der Waals surface area contributed by atoms with Crippen molar-refractivity contribution < 1.29 is 4.74 Å².